The van der Waals surface area contributed by atoms with Crippen LogP contribution in [-0.4, -0.2) is 17.4 Å². The van der Waals surface area contributed by atoms with Gasteiger partial charge in [0, 0.05) is 23.5 Å². The summed E-state index contributed by atoms with van der Waals surface area (Å²) in [7, 11) is 0. The molecule has 108 valence electrons. The Morgan fingerprint density at radius 2 is 1.90 bits per heavy atom. The van der Waals surface area contributed by atoms with Gasteiger partial charge in [-0.05, 0) is 44.0 Å². The molecule has 0 bridgehead atoms. The van der Waals surface area contributed by atoms with Crippen LogP contribution in [0.15, 0.2) is 30.3 Å². The molecule has 3 heteroatoms. The quantitative estimate of drug-likeness (QED) is 0.574. The van der Waals surface area contributed by atoms with Crippen molar-refractivity contribution in [3.05, 3.63) is 41.6 Å². The highest BCUT2D eigenvalue weighted by Crippen LogP contribution is 2.17. The second-order valence-electron chi connectivity index (χ2n) is 5.22. The van der Waals surface area contributed by atoms with E-state index in [0.717, 1.165) is 36.6 Å². The van der Waals surface area contributed by atoms with Crippen LogP contribution < -0.4 is 5.32 Å². The second-order valence-corrected chi connectivity index (χ2v) is 5.60. The number of hydrogen-bond acceptors (Lipinski definition) is 2. The number of nitrogens with one attached hydrogen (secondary N) is 1. The summed E-state index contributed by atoms with van der Waals surface area (Å²) in [6.45, 7) is 4.04. The molecule has 0 amide bonds. The van der Waals surface area contributed by atoms with Gasteiger partial charge in [-0.25, -0.2) is 0 Å². The number of aryl methyl sites for hydroxylation is 1. The van der Waals surface area contributed by atoms with E-state index in [1.54, 1.807) is 0 Å². The van der Waals surface area contributed by atoms with Crippen molar-refractivity contribution in [1.82, 2.24) is 10.3 Å². The number of unbranched alkanes of at least 4 members (excludes halogenated alkanes) is 3. The number of hydrogen-bond donors (Lipinski definition) is 1. The van der Waals surface area contributed by atoms with Crippen molar-refractivity contribution in [2.75, 3.05) is 12.4 Å². The van der Waals surface area contributed by atoms with Crippen LogP contribution in [0, 0.1) is 6.92 Å². The Morgan fingerprint density at radius 3 is 2.75 bits per heavy atom. The van der Waals surface area contributed by atoms with E-state index in [0.29, 0.717) is 0 Å². The molecular weight excluding hydrogens is 268 g/mol. The summed E-state index contributed by atoms with van der Waals surface area (Å²) in [6, 6.07) is 10.5. The van der Waals surface area contributed by atoms with Crippen molar-refractivity contribution in [3.63, 3.8) is 0 Å². The van der Waals surface area contributed by atoms with Crippen LogP contribution in [0.25, 0.3) is 10.9 Å². The van der Waals surface area contributed by atoms with E-state index in [1.165, 1.54) is 30.2 Å². The first-order chi connectivity index (χ1) is 9.81. The molecule has 2 aromatic rings. The lowest BCUT2D eigenvalue weighted by atomic mass is 10.1. The molecule has 1 heterocycles. The van der Waals surface area contributed by atoms with Crippen LogP contribution >= 0.6 is 11.6 Å². The minimum atomic E-state index is 0.787. The highest BCUT2D eigenvalue weighted by Gasteiger charge is 2.02. The molecule has 0 aliphatic heterocycles. The molecule has 0 atom stereocenters. The van der Waals surface area contributed by atoms with Crippen molar-refractivity contribution in [3.8, 4) is 0 Å². The highest BCUT2D eigenvalue weighted by atomic mass is 35.5. The molecule has 2 nitrogen and oxygen atoms in total. The van der Waals surface area contributed by atoms with E-state index in [4.69, 9.17) is 11.6 Å². The van der Waals surface area contributed by atoms with Gasteiger partial charge in [0.2, 0.25) is 0 Å². The van der Waals surface area contributed by atoms with Crippen LogP contribution in [0.1, 0.15) is 36.9 Å². The number of halogens is 1. The number of fused-ring (bicyclic) bond motifs is 1. The van der Waals surface area contributed by atoms with E-state index >= 15 is 0 Å². The summed E-state index contributed by atoms with van der Waals surface area (Å²) >= 11 is 5.67. The molecule has 20 heavy (non-hydrogen) atoms. The molecular formula is C17H23ClN2. The number of pyridine rings is 1. The summed E-state index contributed by atoms with van der Waals surface area (Å²) in [5.41, 5.74) is 3.52. The third-order valence-corrected chi connectivity index (χ3v) is 3.75. The minimum Gasteiger partial charge on any atom is -0.313 e. The van der Waals surface area contributed by atoms with Gasteiger partial charge < -0.3 is 5.32 Å². The maximum Gasteiger partial charge on any atom is 0.0708 e. The molecule has 0 aliphatic carbocycles. The Labute approximate surface area is 126 Å². The van der Waals surface area contributed by atoms with Crippen LogP contribution in [-0.2, 0) is 6.54 Å². The molecule has 0 radical (unpaired) electrons. The average Bonchev–Trinajstić information content (AvgIpc) is 2.46. The predicted molar refractivity (Wildman–Crippen MR) is 87.4 cm³/mol. The van der Waals surface area contributed by atoms with Gasteiger partial charge in [0.05, 0.1) is 5.52 Å². The second kappa shape index (κ2) is 8.23. The minimum absolute atomic E-state index is 0.787. The van der Waals surface area contributed by atoms with E-state index in [9.17, 15) is 0 Å². The zero-order valence-electron chi connectivity index (χ0n) is 12.2. The predicted octanol–water partition coefficient (Wildman–Crippen LogP) is 4.43. The fraction of sp³-hybridized carbons (Fsp3) is 0.471. The fourth-order valence-electron chi connectivity index (χ4n) is 2.46. The van der Waals surface area contributed by atoms with Crippen molar-refractivity contribution in [1.29, 1.82) is 0 Å². The summed E-state index contributed by atoms with van der Waals surface area (Å²) < 4.78 is 0. The highest BCUT2D eigenvalue weighted by molar-refractivity contribution is 6.17. The number of rotatable bonds is 8. The summed E-state index contributed by atoms with van der Waals surface area (Å²) in [5.74, 6) is 0.787. The van der Waals surface area contributed by atoms with Gasteiger partial charge >= 0.3 is 0 Å². The number of para-hydroxylation sites is 1. The molecule has 1 aromatic carbocycles. The van der Waals surface area contributed by atoms with Gasteiger partial charge in [-0.3, -0.25) is 4.98 Å². The largest absolute Gasteiger partial charge is 0.313 e. The number of alkyl halides is 1. The lowest BCUT2D eigenvalue weighted by Gasteiger charge is -2.09. The van der Waals surface area contributed by atoms with Crippen LogP contribution in [0.3, 0.4) is 0 Å². The van der Waals surface area contributed by atoms with E-state index < -0.39 is 0 Å². The van der Waals surface area contributed by atoms with Gasteiger partial charge in [0.25, 0.3) is 0 Å². The topological polar surface area (TPSA) is 24.9 Å². The first kappa shape index (κ1) is 15.3. The Bertz CT molecular complexity index is 540. The lowest BCUT2D eigenvalue weighted by Crippen LogP contribution is -2.15. The summed E-state index contributed by atoms with van der Waals surface area (Å²) in [4.78, 5) is 4.57. The number of benzene rings is 1. The van der Waals surface area contributed by atoms with Gasteiger partial charge in [-0.15, -0.1) is 11.6 Å². The molecule has 0 aliphatic rings. The molecule has 0 unspecified atom stereocenters. The van der Waals surface area contributed by atoms with Crippen molar-refractivity contribution in [2.24, 2.45) is 0 Å². The fourth-order valence-corrected chi connectivity index (χ4v) is 2.65. The monoisotopic (exact) mass is 290 g/mol. The maximum absolute atomic E-state index is 5.67. The normalized spacial score (nSPS) is 11.1. The van der Waals surface area contributed by atoms with E-state index in [1.807, 2.05) is 6.07 Å². The molecule has 1 aromatic heterocycles. The van der Waals surface area contributed by atoms with E-state index in [-0.39, 0.29) is 0 Å². The molecule has 0 fully saturated rings. The number of aromatic nitrogens is 1. The SMILES string of the molecule is Cc1cc(CNCCCCCCCl)c2ccccc2n1. The lowest BCUT2D eigenvalue weighted by molar-refractivity contribution is 0.600. The molecule has 1 N–H and O–H groups in total. The zero-order chi connectivity index (χ0) is 14.2. The molecule has 0 spiro atoms. The molecule has 2 rings (SSSR count). The average molecular weight is 291 g/mol. The van der Waals surface area contributed by atoms with Gasteiger partial charge in [-0.2, -0.15) is 0 Å². The Morgan fingerprint density at radius 1 is 1.10 bits per heavy atom. The Hall–Kier alpha value is -1.12. The first-order valence-corrected chi connectivity index (χ1v) is 7.96. The van der Waals surface area contributed by atoms with E-state index in [2.05, 4.69) is 41.5 Å². The molecule has 0 saturated heterocycles. The third-order valence-electron chi connectivity index (χ3n) is 3.48. The standard InChI is InChI=1S/C17H23ClN2/c1-14-12-15(13-19-11-7-3-2-6-10-18)16-8-4-5-9-17(16)20-14/h4-5,8-9,12,19H,2-3,6-7,10-11,13H2,1H3. The Kier molecular flexibility index (Phi) is 6.28. The van der Waals surface area contributed by atoms with Crippen LogP contribution in [0.2, 0.25) is 0 Å². The molecule has 0 saturated carbocycles. The number of nitrogens with zero attached hydrogens (tertiary/aromatic N) is 1. The van der Waals surface area contributed by atoms with Crippen LogP contribution in [0.4, 0.5) is 0 Å². The van der Waals surface area contributed by atoms with Gasteiger partial charge in [-0.1, -0.05) is 31.0 Å². The third kappa shape index (κ3) is 4.46. The summed E-state index contributed by atoms with van der Waals surface area (Å²) in [5, 5.41) is 4.79. The van der Waals surface area contributed by atoms with Crippen LogP contribution in [0.5, 0.6) is 0 Å². The van der Waals surface area contributed by atoms with Gasteiger partial charge in [0.15, 0.2) is 0 Å². The first-order valence-electron chi connectivity index (χ1n) is 7.43. The van der Waals surface area contributed by atoms with Crippen molar-refractivity contribution in [2.45, 2.75) is 39.2 Å². The smallest absolute Gasteiger partial charge is 0.0708 e. The Balaban J connectivity index is 1.86. The van der Waals surface area contributed by atoms with Crippen molar-refractivity contribution >= 4 is 22.5 Å². The van der Waals surface area contributed by atoms with Gasteiger partial charge in [0.1, 0.15) is 0 Å². The summed E-state index contributed by atoms with van der Waals surface area (Å²) in [6.07, 6.45) is 4.85. The maximum atomic E-state index is 5.67. The van der Waals surface area contributed by atoms with Crippen molar-refractivity contribution < 1.29 is 0 Å². The zero-order valence-corrected chi connectivity index (χ0v) is 12.9.